The summed E-state index contributed by atoms with van der Waals surface area (Å²) in [5.41, 5.74) is 0. The van der Waals surface area contributed by atoms with Crippen molar-refractivity contribution in [2.24, 2.45) is 0 Å². The predicted octanol–water partition coefficient (Wildman–Crippen LogP) is -3.04. The Labute approximate surface area is 117 Å². The SMILES string of the molecule is C=CCOC(=O)CCC(=O)OS(=O)(=O)O.[H-].[Na+]. The van der Waals surface area contributed by atoms with E-state index in [1.165, 1.54) is 6.08 Å². The van der Waals surface area contributed by atoms with Crippen molar-refractivity contribution in [1.82, 2.24) is 0 Å². The van der Waals surface area contributed by atoms with E-state index in [2.05, 4.69) is 15.5 Å². The van der Waals surface area contributed by atoms with Crippen LogP contribution in [0, 0.1) is 0 Å². The van der Waals surface area contributed by atoms with E-state index in [-0.39, 0.29) is 44.0 Å². The molecule has 0 atom stereocenters. The van der Waals surface area contributed by atoms with E-state index in [0.717, 1.165) is 0 Å². The monoisotopic (exact) mass is 262 g/mol. The molecule has 0 radical (unpaired) electrons. The second-order valence-electron chi connectivity index (χ2n) is 2.35. The maximum Gasteiger partial charge on any atom is 1.00 e. The van der Waals surface area contributed by atoms with Gasteiger partial charge in [-0.2, -0.15) is 8.42 Å². The molecule has 0 aliphatic heterocycles. The van der Waals surface area contributed by atoms with Crippen LogP contribution >= 0.6 is 0 Å². The van der Waals surface area contributed by atoms with Crippen molar-refractivity contribution in [3.8, 4) is 0 Å². The number of carbonyl (C=O) groups excluding carboxylic acids is 2. The molecule has 0 bridgehead atoms. The Balaban J connectivity index is -0.000000980. The first kappa shape index (κ1) is 18.0. The van der Waals surface area contributed by atoms with Crippen molar-refractivity contribution in [2.75, 3.05) is 6.61 Å². The molecule has 0 saturated heterocycles. The zero-order valence-corrected chi connectivity index (χ0v) is 11.5. The third-order valence-electron chi connectivity index (χ3n) is 1.09. The second-order valence-corrected chi connectivity index (χ2v) is 3.38. The summed E-state index contributed by atoms with van der Waals surface area (Å²) in [6.45, 7) is 3.30. The van der Waals surface area contributed by atoms with E-state index < -0.39 is 28.8 Å². The molecular formula is C7H11NaO7S. The molecule has 9 heteroatoms. The molecule has 0 aliphatic carbocycles. The van der Waals surface area contributed by atoms with E-state index in [9.17, 15) is 18.0 Å². The van der Waals surface area contributed by atoms with E-state index in [0.29, 0.717) is 0 Å². The van der Waals surface area contributed by atoms with Gasteiger partial charge < -0.3 is 10.3 Å². The maximum atomic E-state index is 10.8. The van der Waals surface area contributed by atoms with Crippen molar-refractivity contribution in [3.05, 3.63) is 12.7 Å². The first-order chi connectivity index (χ1) is 6.85. The average Bonchev–Trinajstić information content (AvgIpc) is 2.08. The average molecular weight is 262 g/mol. The molecule has 1 N–H and O–H groups in total. The molecule has 16 heavy (non-hydrogen) atoms. The maximum absolute atomic E-state index is 10.8. The van der Waals surface area contributed by atoms with Crippen LogP contribution in [0.25, 0.3) is 0 Å². The third kappa shape index (κ3) is 11.7. The number of carbonyl (C=O) groups is 2. The van der Waals surface area contributed by atoms with E-state index in [1.54, 1.807) is 0 Å². The molecule has 0 spiro atoms. The number of rotatable bonds is 6. The van der Waals surface area contributed by atoms with E-state index >= 15 is 0 Å². The Hall–Kier alpha value is -0.410. The Morgan fingerprint density at radius 1 is 1.31 bits per heavy atom. The predicted molar refractivity (Wildman–Crippen MR) is 49.1 cm³/mol. The molecule has 88 valence electrons. The standard InChI is InChI=1S/C7H10O7S.Na.H/c1-2-5-13-6(8)3-4-7(9)14-15(10,11)12;;/h2H,1,3-5H2,(H,10,11,12);;/q;+1;-1. The zero-order chi connectivity index (χ0) is 11.9. The summed E-state index contributed by atoms with van der Waals surface area (Å²) in [5.74, 6) is -1.92. The fourth-order valence-corrected chi connectivity index (χ4v) is 0.906. The Bertz CT molecular complexity index is 353. The second kappa shape index (κ2) is 8.71. The smallest absolute Gasteiger partial charge is 1.00 e. The summed E-state index contributed by atoms with van der Waals surface area (Å²) < 4.78 is 36.2. The van der Waals surface area contributed by atoms with Crippen LogP contribution < -0.4 is 29.6 Å². The van der Waals surface area contributed by atoms with Gasteiger partial charge in [-0.05, 0) is 0 Å². The minimum atomic E-state index is -4.81. The topological polar surface area (TPSA) is 107 Å². The van der Waals surface area contributed by atoms with Gasteiger partial charge in [0, 0.05) is 0 Å². The number of hydrogen-bond donors (Lipinski definition) is 1. The van der Waals surface area contributed by atoms with Crippen molar-refractivity contribution < 1.29 is 62.5 Å². The van der Waals surface area contributed by atoms with Gasteiger partial charge in [-0.15, -0.1) is 0 Å². The molecule has 0 heterocycles. The molecule has 0 amide bonds. The van der Waals surface area contributed by atoms with Gasteiger partial charge in [-0.1, -0.05) is 12.7 Å². The number of esters is 1. The Morgan fingerprint density at radius 2 is 1.81 bits per heavy atom. The van der Waals surface area contributed by atoms with Crippen molar-refractivity contribution in [2.45, 2.75) is 12.8 Å². The van der Waals surface area contributed by atoms with Crippen LogP contribution in [0.5, 0.6) is 0 Å². The van der Waals surface area contributed by atoms with Crippen LogP contribution in [0.3, 0.4) is 0 Å². The van der Waals surface area contributed by atoms with Crippen LogP contribution in [0.15, 0.2) is 12.7 Å². The van der Waals surface area contributed by atoms with Gasteiger partial charge in [0.2, 0.25) is 0 Å². The summed E-state index contributed by atoms with van der Waals surface area (Å²) in [5, 5.41) is 0. The van der Waals surface area contributed by atoms with Crippen molar-refractivity contribution >= 4 is 22.3 Å². The molecule has 0 unspecified atom stereocenters. The fraction of sp³-hybridized carbons (Fsp3) is 0.429. The zero-order valence-electron chi connectivity index (χ0n) is 9.71. The van der Waals surface area contributed by atoms with Gasteiger partial charge in [0.25, 0.3) is 0 Å². The van der Waals surface area contributed by atoms with Gasteiger partial charge in [0.05, 0.1) is 12.8 Å². The van der Waals surface area contributed by atoms with E-state index in [4.69, 9.17) is 4.55 Å². The number of hydrogen-bond acceptors (Lipinski definition) is 6. The van der Waals surface area contributed by atoms with Crippen LogP contribution in [-0.2, 0) is 28.9 Å². The molecule has 0 rings (SSSR count). The van der Waals surface area contributed by atoms with Crippen LogP contribution in [-0.4, -0.2) is 31.5 Å². The first-order valence-electron chi connectivity index (χ1n) is 3.81. The van der Waals surface area contributed by atoms with Crippen molar-refractivity contribution in [3.63, 3.8) is 0 Å². The van der Waals surface area contributed by atoms with Crippen molar-refractivity contribution in [1.29, 1.82) is 0 Å². The fourth-order valence-electron chi connectivity index (χ4n) is 0.587. The molecule has 0 aromatic carbocycles. The van der Waals surface area contributed by atoms with Crippen LogP contribution in [0.1, 0.15) is 14.3 Å². The quantitative estimate of drug-likeness (QED) is 0.234. The molecule has 0 aromatic heterocycles. The van der Waals surface area contributed by atoms with Crippen LogP contribution in [0.2, 0.25) is 0 Å². The summed E-state index contributed by atoms with van der Waals surface area (Å²) in [6, 6.07) is 0. The van der Waals surface area contributed by atoms with Gasteiger partial charge >= 0.3 is 51.9 Å². The molecule has 7 nitrogen and oxygen atoms in total. The van der Waals surface area contributed by atoms with Gasteiger partial charge in [-0.25, -0.2) is 0 Å². The minimum Gasteiger partial charge on any atom is -1.00 e. The van der Waals surface area contributed by atoms with E-state index in [1.807, 2.05) is 0 Å². The first-order valence-corrected chi connectivity index (χ1v) is 5.18. The minimum absolute atomic E-state index is 0. The Kier molecular flexibility index (Phi) is 9.78. The molecule has 0 fully saturated rings. The summed E-state index contributed by atoms with van der Waals surface area (Å²) in [7, 11) is -4.81. The van der Waals surface area contributed by atoms with Gasteiger partial charge in [0.1, 0.15) is 6.61 Å². The summed E-state index contributed by atoms with van der Waals surface area (Å²) in [4.78, 5) is 21.4. The van der Waals surface area contributed by atoms with Gasteiger partial charge in [-0.3, -0.25) is 14.1 Å². The third-order valence-corrected chi connectivity index (χ3v) is 1.49. The number of ether oxygens (including phenoxy) is 1. The van der Waals surface area contributed by atoms with Gasteiger partial charge in [0.15, 0.2) is 0 Å². The molecule has 0 saturated carbocycles. The Morgan fingerprint density at radius 3 is 2.25 bits per heavy atom. The normalized spacial score (nSPS) is 9.81. The molecular weight excluding hydrogens is 251 g/mol. The molecule has 0 aromatic rings. The largest absolute Gasteiger partial charge is 1.00 e. The summed E-state index contributed by atoms with van der Waals surface area (Å²) >= 11 is 0. The molecule has 0 aliphatic rings. The summed E-state index contributed by atoms with van der Waals surface area (Å²) in [6.07, 6.45) is 0.520. The van der Waals surface area contributed by atoms with Crippen LogP contribution in [0.4, 0.5) is 0 Å².